The minimum Gasteiger partial charge on any atom is -0.462 e. The predicted octanol–water partition coefficient (Wildman–Crippen LogP) is 13.2. The molecule has 322 valence electrons. The lowest BCUT2D eigenvalue weighted by Gasteiger charge is -2.24. The summed E-state index contributed by atoms with van der Waals surface area (Å²) in [6, 6.07) is -0.734. The molecule has 0 aliphatic rings. The standard InChI is InChI=1S/C51H83NO5/c1-4-7-10-13-16-19-21-23-24-25-27-29-32-35-38-41-44-51(56)57-47(42-39-36-33-31-28-26-22-20-17-14-11-8-5-2)45-50(55)52-48(46-53)49(54)43-40-37-34-30-18-15-12-9-6-3/h7-8,10-11,14,16-17,19-20,22-24,26-29,35,38,47-49,53-54H,4-6,9,12-13,15,18,21,25,30-34,36-37,39-46H2,1-3H3,(H,52,55)/b10-7+,11-8+,17-14+,19-16+,22-20+,24-23+,28-26-,29-27+,38-35+. The van der Waals surface area contributed by atoms with Gasteiger partial charge in [0.05, 0.1) is 25.2 Å². The SMILES string of the molecule is CC/C=C/C=C/C=C/C=C\CCCCCC(CC(=O)NC(CO)C(O)CCCCCCCCCCC)OC(=O)CC/C=C/C/C=C/C/C=C/C/C=C/C/C=C/CC. The van der Waals surface area contributed by atoms with Gasteiger partial charge in [0.1, 0.15) is 6.10 Å². The van der Waals surface area contributed by atoms with Gasteiger partial charge in [-0.1, -0.05) is 194 Å². The molecule has 0 aromatic rings. The van der Waals surface area contributed by atoms with E-state index >= 15 is 0 Å². The Hall–Kier alpha value is -3.48. The Morgan fingerprint density at radius 2 is 1.04 bits per heavy atom. The van der Waals surface area contributed by atoms with Gasteiger partial charge >= 0.3 is 5.97 Å². The number of nitrogens with one attached hydrogen (secondary N) is 1. The Morgan fingerprint density at radius 3 is 1.61 bits per heavy atom. The van der Waals surface area contributed by atoms with Gasteiger partial charge in [-0.3, -0.25) is 9.59 Å². The summed E-state index contributed by atoms with van der Waals surface area (Å²) in [4.78, 5) is 25.9. The average Bonchev–Trinajstić information content (AvgIpc) is 3.20. The van der Waals surface area contributed by atoms with E-state index in [2.05, 4.69) is 99.0 Å². The maximum Gasteiger partial charge on any atom is 0.306 e. The highest BCUT2D eigenvalue weighted by atomic mass is 16.5. The van der Waals surface area contributed by atoms with E-state index in [-0.39, 0.29) is 31.3 Å². The van der Waals surface area contributed by atoms with Crippen LogP contribution in [0.1, 0.15) is 175 Å². The molecule has 0 spiro atoms. The van der Waals surface area contributed by atoms with E-state index in [9.17, 15) is 19.8 Å². The van der Waals surface area contributed by atoms with Gasteiger partial charge in [0.2, 0.25) is 5.91 Å². The fourth-order valence-corrected chi connectivity index (χ4v) is 6.08. The van der Waals surface area contributed by atoms with Crippen LogP contribution in [0, 0.1) is 0 Å². The fraction of sp³-hybridized carbons (Fsp3) is 0.608. The lowest BCUT2D eigenvalue weighted by molar-refractivity contribution is -0.150. The third-order valence-electron chi connectivity index (χ3n) is 9.46. The van der Waals surface area contributed by atoms with Gasteiger partial charge in [0.15, 0.2) is 0 Å². The Labute approximate surface area is 349 Å². The van der Waals surface area contributed by atoms with Crippen LogP contribution in [0.5, 0.6) is 0 Å². The second-order valence-corrected chi connectivity index (χ2v) is 14.8. The molecule has 6 heteroatoms. The Kier molecular flexibility index (Phi) is 41.0. The molecule has 0 saturated carbocycles. The number of carbonyl (C=O) groups excluding carboxylic acids is 2. The highest BCUT2D eigenvalue weighted by molar-refractivity contribution is 5.77. The monoisotopic (exact) mass is 790 g/mol. The summed E-state index contributed by atoms with van der Waals surface area (Å²) < 4.78 is 5.84. The van der Waals surface area contributed by atoms with E-state index in [1.165, 1.54) is 38.5 Å². The first-order valence-corrected chi connectivity index (χ1v) is 22.7. The summed E-state index contributed by atoms with van der Waals surface area (Å²) in [6.45, 7) is 6.15. The number of esters is 1. The van der Waals surface area contributed by atoms with E-state index in [0.717, 1.165) is 83.5 Å². The zero-order valence-corrected chi connectivity index (χ0v) is 36.4. The van der Waals surface area contributed by atoms with E-state index < -0.39 is 18.2 Å². The smallest absolute Gasteiger partial charge is 0.306 e. The highest BCUT2D eigenvalue weighted by Crippen LogP contribution is 2.16. The van der Waals surface area contributed by atoms with Crippen molar-refractivity contribution in [3.05, 3.63) is 109 Å². The molecule has 0 rings (SSSR count). The Balaban J connectivity index is 4.82. The number of aliphatic hydroxyl groups is 2. The first-order chi connectivity index (χ1) is 28.0. The molecule has 0 radical (unpaired) electrons. The van der Waals surface area contributed by atoms with Crippen molar-refractivity contribution in [3.63, 3.8) is 0 Å². The zero-order chi connectivity index (χ0) is 41.7. The summed E-state index contributed by atoms with van der Waals surface area (Å²) in [7, 11) is 0. The van der Waals surface area contributed by atoms with Crippen molar-refractivity contribution in [1.29, 1.82) is 0 Å². The molecule has 0 heterocycles. The first-order valence-electron chi connectivity index (χ1n) is 22.7. The van der Waals surface area contributed by atoms with Crippen LogP contribution in [0.2, 0.25) is 0 Å². The molecule has 0 bridgehead atoms. The predicted molar refractivity (Wildman–Crippen MR) is 245 cm³/mol. The largest absolute Gasteiger partial charge is 0.462 e. The van der Waals surface area contributed by atoms with Gasteiger partial charge in [0.25, 0.3) is 0 Å². The maximum absolute atomic E-state index is 13.1. The molecule has 3 atom stereocenters. The van der Waals surface area contributed by atoms with Gasteiger partial charge in [-0.15, -0.1) is 0 Å². The van der Waals surface area contributed by atoms with Crippen LogP contribution in [0.4, 0.5) is 0 Å². The molecule has 0 aliphatic carbocycles. The molecule has 1 amide bonds. The van der Waals surface area contributed by atoms with E-state index in [1.54, 1.807) is 0 Å². The summed E-state index contributed by atoms with van der Waals surface area (Å²) in [5.74, 6) is -0.628. The molecule has 3 unspecified atom stereocenters. The van der Waals surface area contributed by atoms with Gasteiger partial charge in [-0.05, 0) is 77.0 Å². The van der Waals surface area contributed by atoms with Crippen LogP contribution in [0.3, 0.4) is 0 Å². The molecular weight excluding hydrogens is 707 g/mol. The maximum atomic E-state index is 13.1. The molecule has 57 heavy (non-hydrogen) atoms. The lowest BCUT2D eigenvalue weighted by atomic mass is 10.0. The molecule has 0 aromatic carbocycles. The van der Waals surface area contributed by atoms with Crippen molar-refractivity contribution in [2.75, 3.05) is 6.61 Å². The second kappa shape index (κ2) is 43.6. The minimum absolute atomic E-state index is 0.0142. The Morgan fingerprint density at radius 1 is 0.544 bits per heavy atom. The third kappa shape index (κ3) is 39.1. The number of unbranched alkanes of at least 4 members (excludes halogenated alkanes) is 11. The van der Waals surface area contributed by atoms with Crippen molar-refractivity contribution >= 4 is 11.9 Å². The number of aliphatic hydroxyl groups excluding tert-OH is 2. The van der Waals surface area contributed by atoms with Crippen molar-refractivity contribution in [2.24, 2.45) is 0 Å². The summed E-state index contributed by atoms with van der Waals surface area (Å²) >= 11 is 0. The van der Waals surface area contributed by atoms with Crippen molar-refractivity contribution in [1.82, 2.24) is 5.32 Å². The summed E-state index contributed by atoms with van der Waals surface area (Å²) in [5, 5.41) is 23.5. The number of hydrogen-bond donors (Lipinski definition) is 3. The molecule has 3 N–H and O–H groups in total. The minimum atomic E-state index is -0.815. The van der Waals surface area contributed by atoms with E-state index in [1.807, 2.05) is 36.5 Å². The number of rotatable bonds is 38. The van der Waals surface area contributed by atoms with Crippen molar-refractivity contribution in [3.8, 4) is 0 Å². The fourth-order valence-electron chi connectivity index (χ4n) is 6.08. The second-order valence-electron chi connectivity index (χ2n) is 14.8. The molecule has 0 aromatic heterocycles. The molecule has 6 nitrogen and oxygen atoms in total. The van der Waals surface area contributed by atoms with Gasteiger partial charge < -0.3 is 20.3 Å². The molecule has 0 fully saturated rings. The van der Waals surface area contributed by atoms with Crippen LogP contribution in [-0.4, -0.2) is 46.9 Å². The Bertz CT molecular complexity index is 1200. The van der Waals surface area contributed by atoms with E-state index in [4.69, 9.17) is 4.74 Å². The number of carbonyl (C=O) groups is 2. The summed E-state index contributed by atoms with van der Waals surface area (Å²) in [5.41, 5.74) is 0. The lowest BCUT2D eigenvalue weighted by Crippen LogP contribution is -2.46. The number of ether oxygens (including phenoxy) is 1. The first kappa shape index (κ1) is 53.5. The topological polar surface area (TPSA) is 95.9 Å². The number of amides is 1. The van der Waals surface area contributed by atoms with Crippen LogP contribution in [-0.2, 0) is 14.3 Å². The van der Waals surface area contributed by atoms with Crippen LogP contribution in [0.25, 0.3) is 0 Å². The normalized spacial score (nSPS) is 14.4. The molecule has 0 aliphatic heterocycles. The van der Waals surface area contributed by atoms with Crippen molar-refractivity contribution < 1.29 is 24.5 Å². The number of hydrogen-bond acceptors (Lipinski definition) is 5. The average molecular weight is 790 g/mol. The summed E-state index contributed by atoms with van der Waals surface area (Å²) in [6.07, 6.45) is 58.7. The zero-order valence-electron chi connectivity index (χ0n) is 36.4. The van der Waals surface area contributed by atoms with Crippen LogP contribution in [0.15, 0.2) is 109 Å². The molecular formula is C51H83NO5. The highest BCUT2D eigenvalue weighted by Gasteiger charge is 2.23. The van der Waals surface area contributed by atoms with Gasteiger partial charge in [0, 0.05) is 6.42 Å². The van der Waals surface area contributed by atoms with Gasteiger partial charge in [-0.25, -0.2) is 0 Å². The third-order valence-corrected chi connectivity index (χ3v) is 9.46. The van der Waals surface area contributed by atoms with Crippen LogP contribution < -0.4 is 5.32 Å². The van der Waals surface area contributed by atoms with Crippen molar-refractivity contribution in [2.45, 2.75) is 193 Å². The molecule has 0 saturated heterocycles. The van der Waals surface area contributed by atoms with E-state index in [0.29, 0.717) is 19.3 Å². The van der Waals surface area contributed by atoms with Crippen LogP contribution >= 0.6 is 0 Å². The quantitative estimate of drug-likeness (QED) is 0.0251. The number of allylic oxidation sites excluding steroid dienone is 18. The van der Waals surface area contributed by atoms with Gasteiger partial charge in [-0.2, -0.15) is 0 Å².